The zero-order valence-corrected chi connectivity index (χ0v) is 21.8. The van der Waals surface area contributed by atoms with Crippen molar-refractivity contribution in [3.8, 4) is 0 Å². The molecule has 0 saturated heterocycles. The van der Waals surface area contributed by atoms with Crippen LogP contribution < -0.4 is 5.32 Å². The van der Waals surface area contributed by atoms with Gasteiger partial charge in [-0.05, 0) is 47.8 Å². The molecule has 1 amide bonds. The number of hydrogen-bond acceptors (Lipinski definition) is 4. The summed E-state index contributed by atoms with van der Waals surface area (Å²) in [7, 11) is 1.00. The number of rotatable bonds is 4. The van der Waals surface area contributed by atoms with E-state index in [0.29, 0.717) is 16.5 Å². The molecule has 0 aliphatic heterocycles. The van der Waals surface area contributed by atoms with Crippen LogP contribution in [0.15, 0.2) is 18.2 Å². The second-order valence-corrected chi connectivity index (χ2v) is 11.5. The van der Waals surface area contributed by atoms with E-state index in [1.165, 1.54) is 23.3 Å². The summed E-state index contributed by atoms with van der Waals surface area (Å²) >= 11 is 1.54. The highest BCUT2D eigenvalue weighted by molar-refractivity contribution is 7.22. The number of thiazole rings is 1. The molecule has 2 N–H and O–H groups in total. The van der Waals surface area contributed by atoms with E-state index in [2.05, 4.69) is 97.7 Å². The number of carbonyl (C=O) groups excluding carboxylic acids is 1. The molecule has 172 valence electrons. The average molecular weight is 437 g/mol. The summed E-state index contributed by atoms with van der Waals surface area (Å²) in [4.78, 5) is 17.2. The van der Waals surface area contributed by atoms with Crippen molar-refractivity contribution in [2.75, 3.05) is 12.4 Å². The van der Waals surface area contributed by atoms with Crippen LogP contribution in [0.2, 0.25) is 0 Å². The van der Waals surface area contributed by atoms with Crippen LogP contribution in [0.5, 0.6) is 0 Å². The third kappa shape index (κ3) is 11.1. The first-order valence-electron chi connectivity index (χ1n) is 10.8. The topological polar surface area (TPSA) is 62.2 Å². The Morgan fingerprint density at radius 3 is 2.07 bits per heavy atom. The zero-order valence-electron chi connectivity index (χ0n) is 21.0. The Labute approximate surface area is 188 Å². The number of anilines is 1. The highest BCUT2D eigenvalue weighted by Gasteiger charge is 2.28. The number of benzene rings is 1. The van der Waals surface area contributed by atoms with Crippen LogP contribution in [-0.2, 0) is 4.79 Å². The molecule has 2 rings (SSSR count). The quantitative estimate of drug-likeness (QED) is 0.528. The van der Waals surface area contributed by atoms with E-state index in [-0.39, 0.29) is 17.2 Å². The Morgan fingerprint density at radius 2 is 1.63 bits per heavy atom. The van der Waals surface area contributed by atoms with Gasteiger partial charge in [-0.25, -0.2) is 4.98 Å². The third-order valence-electron chi connectivity index (χ3n) is 4.81. The van der Waals surface area contributed by atoms with Crippen molar-refractivity contribution in [3.05, 3.63) is 23.8 Å². The summed E-state index contributed by atoms with van der Waals surface area (Å²) in [6.45, 7) is 21.7. The predicted molar refractivity (Wildman–Crippen MR) is 133 cm³/mol. The van der Waals surface area contributed by atoms with Crippen LogP contribution in [0.4, 0.5) is 5.13 Å². The largest absolute Gasteiger partial charge is 0.400 e. The first kappa shape index (κ1) is 28.5. The first-order valence-corrected chi connectivity index (χ1v) is 11.7. The highest BCUT2D eigenvalue weighted by Crippen LogP contribution is 2.31. The summed E-state index contributed by atoms with van der Waals surface area (Å²) in [6.07, 6.45) is 2.15. The molecule has 4 nitrogen and oxygen atoms in total. The lowest BCUT2D eigenvalue weighted by Crippen LogP contribution is -2.30. The van der Waals surface area contributed by atoms with Crippen LogP contribution in [-0.4, -0.2) is 23.1 Å². The molecule has 1 aromatic heterocycles. The van der Waals surface area contributed by atoms with E-state index in [0.717, 1.165) is 23.7 Å². The molecule has 0 fully saturated rings. The maximum Gasteiger partial charge on any atom is 0.229 e. The molecule has 1 atom stereocenters. The number of fused-ring (bicyclic) bond motifs is 1. The van der Waals surface area contributed by atoms with E-state index in [1.54, 1.807) is 0 Å². The summed E-state index contributed by atoms with van der Waals surface area (Å²) in [6, 6.07) is 6.19. The molecule has 0 bridgehead atoms. The summed E-state index contributed by atoms with van der Waals surface area (Å²) < 4.78 is 1.11. The van der Waals surface area contributed by atoms with Gasteiger partial charge in [0.15, 0.2) is 5.13 Å². The van der Waals surface area contributed by atoms with E-state index < -0.39 is 0 Å². The lowest BCUT2D eigenvalue weighted by atomic mass is 9.79. The van der Waals surface area contributed by atoms with Gasteiger partial charge >= 0.3 is 0 Å². The molecule has 5 heteroatoms. The standard InChI is InChI=1S/C18H26N2OS.C6H14.CH4O/c1-11(2)13(10-18(4,5)6)16(21)20-17-19-14-9-12(3)7-8-15(14)22-17;1-5-6(2,3)4;1-2/h7-9,11,13H,10H2,1-6H3,(H,19,20,21);5H2,1-4H3;2H,1H3. The van der Waals surface area contributed by atoms with Crippen molar-refractivity contribution >= 4 is 32.6 Å². The normalized spacial score (nSPS) is 12.6. The van der Waals surface area contributed by atoms with Gasteiger partial charge in [0.1, 0.15) is 0 Å². The number of aromatic nitrogens is 1. The maximum atomic E-state index is 12.6. The van der Waals surface area contributed by atoms with Gasteiger partial charge in [-0.3, -0.25) is 4.79 Å². The molecule has 0 aliphatic carbocycles. The Kier molecular flexibility index (Phi) is 11.8. The van der Waals surface area contributed by atoms with Gasteiger partial charge in [0, 0.05) is 13.0 Å². The number of nitrogens with one attached hydrogen (secondary N) is 1. The van der Waals surface area contributed by atoms with Crippen LogP contribution in [0.25, 0.3) is 10.2 Å². The number of nitrogens with zero attached hydrogens (tertiary/aromatic N) is 1. The van der Waals surface area contributed by atoms with Gasteiger partial charge in [0.05, 0.1) is 10.2 Å². The van der Waals surface area contributed by atoms with E-state index in [9.17, 15) is 4.79 Å². The molecule has 0 aliphatic rings. The fourth-order valence-corrected chi connectivity index (χ4v) is 3.43. The highest BCUT2D eigenvalue weighted by atomic mass is 32.1. The molecule has 0 radical (unpaired) electrons. The van der Waals surface area contributed by atoms with Crippen molar-refractivity contribution in [1.29, 1.82) is 0 Å². The molecule has 1 aromatic carbocycles. The van der Waals surface area contributed by atoms with Crippen molar-refractivity contribution in [2.45, 2.75) is 82.1 Å². The number of carbonyl (C=O) groups is 1. The Morgan fingerprint density at radius 1 is 1.10 bits per heavy atom. The lowest BCUT2D eigenvalue weighted by Gasteiger charge is -2.27. The molecular weight excluding hydrogens is 392 g/mol. The van der Waals surface area contributed by atoms with Crippen LogP contribution in [0.1, 0.15) is 80.7 Å². The molecule has 1 heterocycles. The first-order chi connectivity index (χ1) is 13.7. The summed E-state index contributed by atoms with van der Waals surface area (Å²) in [5.74, 6) is 0.408. The van der Waals surface area contributed by atoms with E-state index in [4.69, 9.17) is 5.11 Å². The Bertz CT molecular complexity index is 768. The maximum absolute atomic E-state index is 12.6. The third-order valence-corrected chi connectivity index (χ3v) is 5.76. The van der Waals surface area contributed by atoms with Crippen LogP contribution >= 0.6 is 11.3 Å². The van der Waals surface area contributed by atoms with Crippen molar-refractivity contribution in [1.82, 2.24) is 4.98 Å². The minimum atomic E-state index is 0.00810. The number of aryl methyl sites for hydroxylation is 1. The summed E-state index contributed by atoms with van der Waals surface area (Å²) in [5, 5.41) is 10.7. The van der Waals surface area contributed by atoms with Crippen LogP contribution in [0.3, 0.4) is 0 Å². The fraction of sp³-hybridized carbons (Fsp3) is 0.680. The fourth-order valence-electron chi connectivity index (χ4n) is 2.58. The van der Waals surface area contributed by atoms with E-state index in [1.807, 2.05) is 0 Å². The van der Waals surface area contributed by atoms with Gasteiger partial charge in [-0.15, -0.1) is 0 Å². The molecule has 1 unspecified atom stereocenters. The molecular formula is C25H44N2O2S. The summed E-state index contributed by atoms with van der Waals surface area (Å²) in [5.41, 5.74) is 2.82. The Balaban J connectivity index is 0.000000905. The number of aliphatic hydroxyl groups excluding tert-OH is 1. The van der Waals surface area contributed by atoms with Crippen LogP contribution in [0, 0.1) is 29.6 Å². The van der Waals surface area contributed by atoms with Crippen molar-refractivity contribution in [2.24, 2.45) is 22.7 Å². The lowest BCUT2D eigenvalue weighted by molar-refractivity contribution is -0.122. The van der Waals surface area contributed by atoms with E-state index >= 15 is 0 Å². The molecule has 30 heavy (non-hydrogen) atoms. The number of amides is 1. The average Bonchev–Trinajstić information content (AvgIpc) is 3.01. The van der Waals surface area contributed by atoms with Gasteiger partial charge in [-0.2, -0.15) is 0 Å². The predicted octanol–water partition coefficient (Wildman–Crippen LogP) is 7.30. The van der Waals surface area contributed by atoms with Gasteiger partial charge in [0.25, 0.3) is 0 Å². The van der Waals surface area contributed by atoms with Crippen molar-refractivity contribution in [3.63, 3.8) is 0 Å². The minimum Gasteiger partial charge on any atom is -0.400 e. The van der Waals surface area contributed by atoms with Gasteiger partial charge in [0.2, 0.25) is 5.91 Å². The zero-order chi connectivity index (χ0) is 23.7. The van der Waals surface area contributed by atoms with Gasteiger partial charge < -0.3 is 10.4 Å². The van der Waals surface area contributed by atoms with Crippen molar-refractivity contribution < 1.29 is 9.90 Å². The second-order valence-electron chi connectivity index (χ2n) is 10.5. The van der Waals surface area contributed by atoms with Gasteiger partial charge in [-0.1, -0.05) is 86.1 Å². The molecule has 0 saturated carbocycles. The minimum absolute atomic E-state index is 0.00810. The number of hydrogen-bond donors (Lipinski definition) is 2. The Hall–Kier alpha value is -1.46. The molecule has 2 aromatic rings. The smallest absolute Gasteiger partial charge is 0.229 e. The SMILES string of the molecule is CCC(C)(C)C.CO.Cc1ccc2sc(NC(=O)C(CC(C)(C)C)C(C)C)nc2c1. The number of aliphatic hydroxyl groups is 1. The molecule has 0 spiro atoms. The second kappa shape index (κ2) is 12.4. The monoisotopic (exact) mass is 436 g/mol.